The number of hydrogen-bond donors (Lipinski definition) is 2. The molecule has 182 valence electrons. The van der Waals surface area contributed by atoms with Crippen molar-refractivity contribution in [1.29, 1.82) is 0 Å². The first kappa shape index (κ1) is 22.3. The number of aromatic nitrogens is 2. The first-order chi connectivity index (χ1) is 16.3. The van der Waals surface area contributed by atoms with Crippen molar-refractivity contribution in [2.75, 3.05) is 48.4 Å². The Hall–Kier alpha value is -2.16. The number of benzene rings is 1. The van der Waals surface area contributed by atoms with E-state index in [-0.39, 0.29) is 17.4 Å². The fraction of sp³-hybridized carbons (Fsp3) is 0.600. The second-order valence-corrected chi connectivity index (χ2v) is 11.5. The number of piperidine rings is 1. The highest BCUT2D eigenvalue weighted by Crippen LogP contribution is 2.43. The normalized spacial score (nSPS) is 27.1. The van der Waals surface area contributed by atoms with Crippen LogP contribution >= 0.6 is 11.6 Å². The topological polar surface area (TPSA) is 65.5 Å². The first-order valence-corrected chi connectivity index (χ1v) is 12.6. The van der Waals surface area contributed by atoms with Crippen LogP contribution in [0.5, 0.6) is 0 Å². The Morgan fingerprint density at radius 1 is 1.24 bits per heavy atom. The maximum Gasteiger partial charge on any atom is 0.229 e. The van der Waals surface area contributed by atoms with E-state index >= 15 is 0 Å². The van der Waals surface area contributed by atoms with Gasteiger partial charge in [-0.2, -0.15) is 4.98 Å². The van der Waals surface area contributed by atoms with Gasteiger partial charge in [0.05, 0.1) is 35.5 Å². The predicted octanol–water partition coefficient (Wildman–Crippen LogP) is 4.67. The van der Waals surface area contributed by atoms with E-state index in [1.165, 1.54) is 19.0 Å². The molecular weight excluding hydrogens is 455 g/mol. The van der Waals surface area contributed by atoms with Gasteiger partial charge >= 0.3 is 0 Å². The molecule has 0 amide bonds. The van der Waals surface area contributed by atoms with Crippen molar-refractivity contribution in [3.8, 4) is 0 Å². The van der Waals surface area contributed by atoms with E-state index < -0.39 is 5.82 Å². The maximum atomic E-state index is 14.6. The number of hydrogen-bond acceptors (Lipinski definition) is 7. The lowest BCUT2D eigenvalue weighted by Gasteiger charge is -2.56. The molecule has 2 N–H and O–H groups in total. The number of nitrogens with zero attached hydrogens (tertiary/aromatic N) is 4. The standard InChI is InChI=1S/C25H32ClFN6O/c1-24(2)10-17(8-18-4-3-7-33(18)24)29-22-20(27)11-28-23(31-22)30-16-5-6-21(19(26)9-16)32-12-25(13-32)14-34-15-25/h5-6,9,11,17-18H,3-4,7-8,10,12-15H2,1-2H3,(H2,28,29,30,31)/t17?,18-/m0/s1. The molecule has 5 heterocycles. The van der Waals surface area contributed by atoms with Gasteiger partial charge in [0.15, 0.2) is 11.6 Å². The Morgan fingerprint density at radius 2 is 2.06 bits per heavy atom. The Morgan fingerprint density at radius 3 is 2.79 bits per heavy atom. The van der Waals surface area contributed by atoms with Gasteiger partial charge in [0, 0.05) is 36.4 Å². The molecule has 6 rings (SSSR count). The summed E-state index contributed by atoms with van der Waals surface area (Å²) >= 11 is 6.58. The van der Waals surface area contributed by atoms with Crippen molar-refractivity contribution in [3.63, 3.8) is 0 Å². The van der Waals surface area contributed by atoms with Gasteiger partial charge in [0.1, 0.15) is 0 Å². The Balaban J connectivity index is 1.13. The van der Waals surface area contributed by atoms with E-state index in [0.29, 0.717) is 22.4 Å². The number of ether oxygens (including phenoxy) is 1. The highest BCUT2D eigenvalue weighted by Gasteiger charge is 2.49. The van der Waals surface area contributed by atoms with E-state index in [4.69, 9.17) is 16.3 Å². The summed E-state index contributed by atoms with van der Waals surface area (Å²) in [4.78, 5) is 13.5. The summed E-state index contributed by atoms with van der Waals surface area (Å²) in [6.07, 6.45) is 5.64. The quantitative estimate of drug-likeness (QED) is 0.636. The molecule has 4 fully saturated rings. The molecule has 1 aromatic carbocycles. The largest absolute Gasteiger partial charge is 0.380 e. The number of rotatable bonds is 5. The van der Waals surface area contributed by atoms with Crippen molar-refractivity contribution < 1.29 is 9.13 Å². The summed E-state index contributed by atoms with van der Waals surface area (Å²) in [5.74, 6) is 0.165. The molecule has 4 aliphatic heterocycles. The molecule has 1 spiro atoms. The van der Waals surface area contributed by atoms with E-state index in [1.54, 1.807) is 0 Å². The number of halogens is 2. The molecule has 2 aromatic rings. The molecule has 0 bridgehead atoms. The van der Waals surface area contributed by atoms with Gasteiger partial charge in [-0.3, -0.25) is 4.90 Å². The molecule has 7 nitrogen and oxygen atoms in total. The van der Waals surface area contributed by atoms with Gasteiger partial charge in [0.25, 0.3) is 0 Å². The van der Waals surface area contributed by atoms with Gasteiger partial charge in [0.2, 0.25) is 5.95 Å². The number of nitrogens with one attached hydrogen (secondary N) is 2. The molecule has 1 unspecified atom stereocenters. The Labute approximate surface area is 205 Å². The zero-order valence-corrected chi connectivity index (χ0v) is 20.5. The van der Waals surface area contributed by atoms with Crippen LogP contribution < -0.4 is 15.5 Å². The summed E-state index contributed by atoms with van der Waals surface area (Å²) in [5, 5.41) is 7.23. The van der Waals surface area contributed by atoms with Crippen LogP contribution in [-0.4, -0.2) is 65.3 Å². The van der Waals surface area contributed by atoms with E-state index in [2.05, 4.69) is 44.2 Å². The highest BCUT2D eigenvalue weighted by molar-refractivity contribution is 6.33. The lowest BCUT2D eigenvalue weighted by molar-refractivity contribution is -0.127. The summed E-state index contributed by atoms with van der Waals surface area (Å²) < 4.78 is 20.0. The van der Waals surface area contributed by atoms with Crippen molar-refractivity contribution in [3.05, 3.63) is 35.2 Å². The minimum atomic E-state index is -0.433. The van der Waals surface area contributed by atoms with Crippen LogP contribution in [0, 0.1) is 11.2 Å². The van der Waals surface area contributed by atoms with E-state index in [0.717, 1.165) is 57.1 Å². The maximum absolute atomic E-state index is 14.6. The summed E-state index contributed by atoms with van der Waals surface area (Å²) in [6, 6.07) is 6.58. The van der Waals surface area contributed by atoms with Crippen LogP contribution in [0.3, 0.4) is 0 Å². The molecule has 4 aliphatic rings. The fourth-order valence-corrected chi connectivity index (χ4v) is 6.62. The smallest absolute Gasteiger partial charge is 0.229 e. The second kappa shape index (κ2) is 8.21. The van der Waals surface area contributed by atoms with Crippen LogP contribution in [0.25, 0.3) is 0 Å². The lowest BCUT2D eigenvalue weighted by atomic mass is 9.78. The third-order valence-corrected chi connectivity index (χ3v) is 8.26. The average molecular weight is 487 g/mol. The molecule has 1 aromatic heterocycles. The highest BCUT2D eigenvalue weighted by atomic mass is 35.5. The molecule has 0 saturated carbocycles. The van der Waals surface area contributed by atoms with Crippen molar-refractivity contribution >= 4 is 34.7 Å². The first-order valence-electron chi connectivity index (χ1n) is 12.3. The average Bonchev–Trinajstić information content (AvgIpc) is 3.19. The van der Waals surface area contributed by atoms with Crippen molar-refractivity contribution in [2.24, 2.45) is 5.41 Å². The second-order valence-electron chi connectivity index (χ2n) is 11.1. The molecule has 0 aliphatic carbocycles. The molecule has 9 heteroatoms. The number of anilines is 4. The molecular formula is C25H32ClFN6O. The van der Waals surface area contributed by atoms with Gasteiger partial charge in [-0.25, -0.2) is 9.37 Å². The lowest BCUT2D eigenvalue weighted by Crippen LogP contribution is -2.66. The Kier molecular flexibility index (Phi) is 5.39. The fourth-order valence-electron chi connectivity index (χ4n) is 6.32. The molecule has 4 saturated heterocycles. The SMILES string of the molecule is CC1(C)CC(Nc2nc(Nc3ccc(N4CC5(COC5)C4)c(Cl)c3)ncc2F)C[C@@H]2CCCN21. The molecule has 0 radical (unpaired) electrons. The van der Waals surface area contributed by atoms with Gasteiger partial charge in [-0.15, -0.1) is 0 Å². The van der Waals surface area contributed by atoms with Crippen LogP contribution in [0.2, 0.25) is 5.02 Å². The van der Waals surface area contributed by atoms with Crippen LogP contribution in [0.1, 0.15) is 39.5 Å². The zero-order chi connectivity index (χ0) is 23.5. The zero-order valence-electron chi connectivity index (χ0n) is 19.8. The Bertz CT molecular complexity index is 1090. The summed E-state index contributed by atoms with van der Waals surface area (Å²) in [6.45, 7) is 9.38. The van der Waals surface area contributed by atoms with Crippen LogP contribution in [0.4, 0.5) is 27.5 Å². The monoisotopic (exact) mass is 486 g/mol. The van der Waals surface area contributed by atoms with Gasteiger partial charge < -0.3 is 20.3 Å². The molecule has 34 heavy (non-hydrogen) atoms. The molecule has 2 atom stereocenters. The van der Waals surface area contributed by atoms with E-state index in [9.17, 15) is 4.39 Å². The van der Waals surface area contributed by atoms with Crippen LogP contribution in [-0.2, 0) is 4.74 Å². The summed E-state index contributed by atoms with van der Waals surface area (Å²) in [5.41, 5.74) is 2.22. The minimum Gasteiger partial charge on any atom is -0.380 e. The minimum absolute atomic E-state index is 0.0991. The van der Waals surface area contributed by atoms with Gasteiger partial charge in [-0.1, -0.05) is 11.6 Å². The van der Waals surface area contributed by atoms with E-state index in [1.807, 2.05) is 18.2 Å². The summed E-state index contributed by atoms with van der Waals surface area (Å²) in [7, 11) is 0. The third kappa shape index (κ3) is 3.99. The number of fused-ring (bicyclic) bond motifs is 1. The van der Waals surface area contributed by atoms with Gasteiger partial charge in [-0.05, 0) is 64.3 Å². The third-order valence-electron chi connectivity index (χ3n) is 7.96. The van der Waals surface area contributed by atoms with Crippen molar-refractivity contribution in [2.45, 2.75) is 57.2 Å². The van der Waals surface area contributed by atoms with Crippen LogP contribution in [0.15, 0.2) is 24.4 Å². The predicted molar refractivity (Wildman–Crippen MR) is 133 cm³/mol. The van der Waals surface area contributed by atoms with Crippen molar-refractivity contribution in [1.82, 2.24) is 14.9 Å².